The molecule has 0 fully saturated rings. The number of hydrogen-bond donors (Lipinski definition) is 0. The van der Waals surface area contributed by atoms with E-state index in [-0.39, 0.29) is 5.56 Å². The lowest BCUT2D eigenvalue weighted by Crippen LogP contribution is -2.32. The molecule has 3 rings (SSSR count). The summed E-state index contributed by atoms with van der Waals surface area (Å²) in [5.74, 6) is 0.759. The monoisotopic (exact) mass is 332 g/mol. The van der Waals surface area contributed by atoms with E-state index in [1.807, 2.05) is 11.8 Å². The number of alkyl halides is 3. The van der Waals surface area contributed by atoms with Crippen LogP contribution >= 0.6 is 0 Å². The van der Waals surface area contributed by atoms with E-state index in [0.717, 1.165) is 22.6 Å². The van der Waals surface area contributed by atoms with Gasteiger partial charge in [0.1, 0.15) is 5.82 Å². The van der Waals surface area contributed by atoms with Crippen LogP contribution in [0.3, 0.4) is 0 Å². The molecule has 0 saturated carbocycles. The Hall–Kier alpha value is -2.62. The zero-order valence-corrected chi connectivity index (χ0v) is 13.1. The van der Waals surface area contributed by atoms with E-state index in [4.69, 9.17) is 6.57 Å². The first-order chi connectivity index (χ1) is 11.4. The molecular weight excluding hydrogens is 317 g/mol. The van der Waals surface area contributed by atoms with Crippen molar-refractivity contribution in [2.24, 2.45) is 0 Å². The van der Waals surface area contributed by atoms with Gasteiger partial charge in [-0.1, -0.05) is 6.07 Å². The summed E-state index contributed by atoms with van der Waals surface area (Å²) in [5, 5.41) is 0. The zero-order chi connectivity index (χ0) is 17.3. The fourth-order valence-corrected chi connectivity index (χ4v) is 2.93. The van der Waals surface area contributed by atoms with Crippen molar-refractivity contribution < 1.29 is 13.2 Å². The first-order valence-corrected chi connectivity index (χ1v) is 7.48. The minimum Gasteiger partial charge on any atom is -0.352 e. The molecule has 0 atom stereocenters. The molecule has 0 aromatic carbocycles. The number of aryl methyl sites for hydroxylation is 1. The number of nitrogens with zero attached hydrogens (tertiary/aromatic N) is 4. The molecule has 24 heavy (non-hydrogen) atoms. The topological polar surface area (TPSA) is 33.4 Å². The molecule has 0 N–H and O–H groups in total. The molecule has 0 spiro atoms. The quantitative estimate of drug-likeness (QED) is 0.779. The first-order valence-electron chi connectivity index (χ1n) is 7.48. The van der Waals surface area contributed by atoms with Crippen molar-refractivity contribution in [3.63, 3.8) is 0 Å². The van der Waals surface area contributed by atoms with Crippen LogP contribution in [0.4, 0.5) is 24.7 Å². The van der Waals surface area contributed by atoms with Crippen molar-refractivity contribution in [2.75, 3.05) is 11.4 Å². The van der Waals surface area contributed by atoms with Crippen LogP contribution in [0, 0.1) is 13.5 Å². The third-order valence-electron chi connectivity index (χ3n) is 3.97. The van der Waals surface area contributed by atoms with Crippen molar-refractivity contribution in [1.29, 1.82) is 0 Å². The molecular formula is C17H15F3N4. The van der Waals surface area contributed by atoms with E-state index in [9.17, 15) is 13.2 Å². The highest BCUT2D eigenvalue weighted by atomic mass is 19.4. The van der Waals surface area contributed by atoms with Crippen LogP contribution in [-0.4, -0.2) is 22.7 Å². The van der Waals surface area contributed by atoms with Gasteiger partial charge in [-0.2, -0.15) is 13.2 Å². The lowest BCUT2D eigenvalue weighted by atomic mass is 10.0. The van der Waals surface area contributed by atoms with Crippen LogP contribution in [0.1, 0.15) is 22.4 Å². The fourth-order valence-electron chi connectivity index (χ4n) is 2.93. The summed E-state index contributed by atoms with van der Waals surface area (Å²) in [7, 11) is 0. The molecule has 0 aliphatic carbocycles. The van der Waals surface area contributed by atoms with Gasteiger partial charge in [-0.3, -0.25) is 9.97 Å². The second-order valence-corrected chi connectivity index (χ2v) is 5.86. The van der Waals surface area contributed by atoms with Crippen LogP contribution in [-0.2, 0) is 19.4 Å². The van der Waals surface area contributed by atoms with E-state index in [1.165, 1.54) is 12.4 Å². The van der Waals surface area contributed by atoms with Crippen LogP contribution < -0.4 is 4.90 Å². The van der Waals surface area contributed by atoms with Crippen LogP contribution in [0.15, 0.2) is 24.5 Å². The Morgan fingerprint density at radius 3 is 2.71 bits per heavy atom. The van der Waals surface area contributed by atoms with Gasteiger partial charge < -0.3 is 4.90 Å². The standard InChI is InChI=1S/C17H15F3N4/c1-11-5-14(21-2)9-23-16(11)24-4-3-15-13(10-24)6-12(8-22-15)7-17(18,19)20/h5-6,8-9H,3-4,7,10H2,1H3. The molecule has 7 heteroatoms. The average Bonchev–Trinajstić information content (AvgIpc) is 2.52. The summed E-state index contributed by atoms with van der Waals surface area (Å²) in [6.45, 7) is 10.1. The molecule has 2 aromatic rings. The summed E-state index contributed by atoms with van der Waals surface area (Å²) in [6.07, 6.45) is -1.71. The van der Waals surface area contributed by atoms with Crippen LogP contribution in [0.2, 0.25) is 0 Å². The number of fused-ring (bicyclic) bond motifs is 1. The van der Waals surface area contributed by atoms with Gasteiger partial charge in [0.15, 0.2) is 0 Å². The van der Waals surface area contributed by atoms with Gasteiger partial charge in [0.05, 0.1) is 13.0 Å². The maximum atomic E-state index is 12.6. The van der Waals surface area contributed by atoms with Crippen LogP contribution in [0.5, 0.6) is 0 Å². The second-order valence-electron chi connectivity index (χ2n) is 5.86. The molecule has 0 radical (unpaired) electrons. The van der Waals surface area contributed by atoms with Crippen LogP contribution in [0.25, 0.3) is 4.85 Å². The summed E-state index contributed by atoms with van der Waals surface area (Å²) in [6, 6.07) is 3.36. The molecule has 0 saturated heterocycles. The summed E-state index contributed by atoms with van der Waals surface area (Å²) < 4.78 is 37.7. The van der Waals surface area contributed by atoms with Gasteiger partial charge in [0.2, 0.25) is 5.69 Å². The molecule has 2 aromatic heterocycles. The highest BCUT2D eigenvalue weighted by Gasteiger charge is 2.29. The Balaban J connectivity index is 1.85. The largest absolute Gasteiger partial charge is 0.393 e. The number of pyridine rings is 2. The van der Waals surface area contributed by atoms with Crippen molar-refractivity contribution >= 4 is 11.5 Å². The maximum absolute atomic E-state index is 12.6. The Bertz CT molecular complexity index is 808. The van der Waals surface area contributed by atoms with Crippen molar-refractivity contribution in [3.8, 4) is 0 Å². The molecule has 1 aliphatic rings. The van der Waals surface area contributed by atoms with Gasteiger partial charge in [-0.15, -0.1) is 0 Å². The molecule has 0 bridgehead atoms. The number of aromatic nitrogens is 2. The molecule has 1 aliphatic heterocycles. The van der Waals surface area contributed by atoms with E-state index in [1.54, 1.807) is 12.1 Å². The smallest absolute Gasteiger partial charge is 0.352 e. The lowest BCUT2D eigenvalue weighted by Gasteiger charge is -2.30. The number of anilines is 1. The number of hydrogen-bond acceptors (Lipinski definition) is 3. The van der Waals surface area contributed by atoms with Crippen molar-refractivity contribution in [1.82, 2.24) is 9.97 Å². The number of rotatable bonds is 2. The van der Waals surface area contributed by atoms with E-state index < -0.39 is 12.6 Å². The normalized spacial score (nSPS) is 14.2. The predicted octanol–water partition coefficient (Wildman–Crippen LogP) is 4.00. The van der Waals surface area contributed by atoms with Gasteiger partial charge >= 0.3 is 6.18 Å². The van der Waals surface area contributed by atoms with Gasteiger partial charge in [0.25, 0.3) is 0 Å². The Morgan fingerprint density at radius 2 is 2.04 bits per heavy atom. The highest BCUT2D eigenvalue weighted by molar-refractivity contribution is 5.56. The van der Waals surface area contributed by atoms with Crippen molar-refractivity contribution in [2.45, 2.75) is 32.5 Å². The summed E-state index contributed by atoms with van der Waals surface area (Å²) >= 11 is 0. The summed E-state index contributed by atoms with van der Waals surface area (Å²) in [5.41, 5.74) is 3.18. The SMILES string of the molecule is [C-]#[N+]c1cnc(N2CCc3ncc(CC(F)(F)F)cc3C2)c(C)c1. The second kappa shape index (κ2) is 6.11. The average molecular weight is 332 g/mol. The van der Waals surface area contributed by atoms with Crippen molar-refractivity contribution in [3.05, 3.63) is 58.3 Å². The number of halogens is 3. The Kier molecular flexibility index (Phi) is 4.14. The molecule has 124 valence electrons. The van der Waals surface area contributed by atoms with E-state index in [2.05, 4.69) is 14.8 Å². The highest BCUT2D eigenvalue weighted by Crippen LogP contribution is 2.28. The zero-order valence-electron chi connectivity index (χ0n) is 13.1. The van der Waals surface area contributed by atoms with E-state index >= 15 is 0 Å². The minimum absolute atomic E-state index is 0.177. The fraction of sp³-hybridized carbons (Fsp3) is 0.353. The van der Waals surface area contributed by atoms with Gasteiger partial charge in [-0.05, 0) is 29.7 Å². The predicted molar refractivity (Wildman–Crippen MR) is 84.0 cm³/mol. The molecule has 0 unspecified atom stereocenters. The third-order valence-corrected chi connectivity index (χ3v) is 3.97. The lowest BCUT2D eigenvalue weighted by molar-refractivity contribution is -0.127. The third kappa shape index (κ3) is 3.48. The van der Waals surface area contributed by atoms with Gasteiger partial charge in [0, 0.05) is 37.6 Å². The molecule has 3 heterocycles. The Morgan fingerprint density at radius 1 is 1.25 bits per heavy atom. The molecule has 4 nitrogen and oxygen atoms in total. The minimum atomic E-state index is -4.24. The van der Waals surface area contributed by atoms with Gasteiger partial charge in [-0.25, -0.2) is 4.85 Å². The first kappa shape index (κ1) is 16.2. The Labute approximate surface area is 137 Å². The van der Waals surface area contributed by atoms with E-state index in [0.29, 0.717) is 25.2 Å². The molecule has 0 amide bonds. The summed E-state index contributed by atoms with van der Waals surface area (Å²) in [4.78, 5) is 13.9. The maximum Gasteiger partial charge on any atom is 0.393 e.